The van der Waals surface area contributed by atoms with Crippen LogP contribution in [-0.4, -0.2) is 10.4 Å². The second-order valence-corrected chi connectivity index (χ2v) is 5.11. The van der Waals surface area contributed by atoms with E-state index >= 15 is 0 Å². The summed E-state index contributed by atoms with van der Waals surface area (Å²) in [6, 6.07) is 7.81. The first-order valence-electron chi connectivity index (χ1n) is 6.17. The molecule has 18 heavy (non-hydrogen) atoms. The standard InChI is InChI=1S/C15H14ClNO/c1-10-12(16)4-2-5-13(10)17-9-8-11-14(17)6-3-7-15(11)18/h2,4-5,8-9H,3,6-7H2,1H3. The number of hydrogen-bond acceptors (Lipinski definition) is 1. The summed E-state index contributed by atoms with van der Waals surface area (Å²) in [4.78, 5) is 11.8. The predicted octanol–water partition coefficient (Wildman–Crippen LogP) is 3.96. The van der Waals surface area contributed by atoms with Gasteiger partial charge in [0.15, 0.2) is 5.78 Å². The molecular weight excluding hydrogens is 246 g/mol. The van der Waals surface area contributed by atoms with E-state index in [-0.39, 0.29) is 5.78 Å². The van der Waals surface area contributed by atoms with Crippen LogP contribution >= 0.6 is 11.6 Å². The summed E-state index contributed by atoms with van der Waals surface area (Å²) < 4.78 is 2.10. The minimum absolute atomic E-state index is 0.259. The highest BCUT2D eigenvalue weighted by atomic mass is 35.5. The van der Waals surface area contributed by atoms with Crippen molar-refractivity contribution in [1.82, 2.24) is 4.57 Å². The first-order chi connectivity index (χ1) is 8.68. The van der Waals surface area contributed by atoms with Crippen molar-refractivity contribution in [2.45, 2.75) is 26.2 Å². The molecule has 1 aliphatic rings. The van der Waals surface area contributed by atoms with Gasteiger partial charge in [-0.1, -0.05) is 17.7 Å². The summed E-state index contributed by atoms with van der Waals surface area (Å²) in [6.07, 6.45) is 4.55. The van der Waals surface area contributed by atoms with E-state index in [9.17, 15) is 4.79 Å². The van der Waals surface area contributed by atoms with Crippen LogP contribution in [0.25, 0.3) is 5.69 Å². The molecule has 0 saturated carbocycles. The van der Waals surface area contributed by atoms with E-state index < -0.39 is 0 Å². The van der Waals surface area contributed by atoms with Crippen LogP contribution in [0.4, 0.5) is 0 Å². The van der Waals surface area contributed by atoms with Gasteiger partial charge in [0, 0.05) is 34.6 Å². The zero-order valence-electron chi connectivity index (χ0n) is 10.2. The lowest BCUT2D eigenvalue weighted by Crippen LogP contribution is -2.12. The lowest BCUT2D eigenvalue weighted by atomic mass is 9.96. The molecule has 0 fully saturated rings. The van der Waals surface area contributed by atoms with Crippen molar-refractivity contribution < 1.29 is 4.79 Å². The Labute approximate surface area is 111 Å². The fourth-order valence-electron chi connectivity index (χ4n) is 2.61. The lowest BCUT2D eigenvalue weighted by molar-refractivity contribution is 0.0972. The fraction of sp³-hybridized carbons (Fsp3) is 0.267. The summed E-state index contributed by atoms with van der Waals surface area (Å²) in [7, 11) is 0. The predicted molar refractivity (Wildman–Crippen MR) is 72.8 cm³/mol. The maximum absolute atomic E-state index is 11.8. The Morgan fingerprint density at radius 3 is 2.89 bits per heavy atom. The molecule has 2 aromatic rings. The zero-order chi connectivity index (χ0) is 12.7. The van der Waals surface area contributed by atoms with Gasteiger partial charge in [0.25, 0.3) is 0 Å². The maximum atomic E-state index is 11.8. The summed E-state index contributed by atoms with van der Waals surface area (Å²) in [5, 5.41) is 0.761. The molecule has 1 aromatic carbocycles. The van der Waals surface area contributed by atoms with Gasteiger partial charge in [-0.15, -0.1) is 0 Å². The van der Waals surface area contributed by atoms with E-state index in [1.54, 1.807) is 0 Å². The number of benzene rings is 1. The molecular formula is C15H14ClNO. The van der Waals surface area contributed by atoms with Crippen molar-refractivity contribution in [2.24, 2.45) is 0 Å². The van der Waals surface area contributed by atoms with Gasteiger partial charge in [-0.25, -0.2) is 0 Å². The Balaban J connectivity index is 2.19. The molecule has 0 radical (unpaired) electrons. The molecule has 3 heteroatoms. The Morgan fingerprint density at radius 2 is 2.06 bits per heavy atom. The average Bonchev–Trinajstić information content (AvgIpc) is 2.78. The van der Waals surface area contributed by atoms with Crippen molar-refractivity contribution in [3.8, 4) is 5.69 Å². The van der Waals surface area contributed by atoms with Gasteiger partial charge in [-0.2, -0.15) is 0 Å². The number of fused-ring (bicyclic) bond motifs is 1. The van der Waals surface area contributed by atoms with Crippen molar-refractivity contribution in [1.29, 1.82) is 0 Å². The van der Waals surface area contributed by atoms with Gasteiger partial charge in [-0.3, -0.25) is 4.79 Å². The normalized spacial score (nSPS) is 14.7. The van der Waals surface area contributed by atoms with Crippen LogP contribution in [0, 0.1) is 6.92 Å². The Kier molecular flexibility index (Phi) is 2.75. The van der Waals surface area contributed by atoms with E-state index in [0.29, 0.717) is 6.42 Å². The molecule has 0 aliphatic heterocycles. The second kappa shape index (κ2) is 4.29. The first-order valence-corrected chi connectivity index (χ1v) is 6.55. The van der Waals surface area contributed by atoms with Crippen LogP contribution in [0.1, 0.15) is 34.5 Å². The van der Waals surface area contributed by atoms with Crippen molar-refractivity contribution in [2.75, 3.05) is 0 Å². The third-order valence-corrected chi connectivity index (χ3v) is 4.02. The minimum Gasteiger partial charge on any atom is -0.320 e. The second-order valence-electron chi connectivity index (χ2n) is 4.71. The van der Waals surface area contributed by atoms with Crippen molar-refractivity contribution >= 4 is 17.4 Å². The molecule has 0 N–H and O–H groups in total. The molecule has 92 valence electrons. The number of aromatic nitrogens is 1. The summed E-state index contributed by atoms with van der Waals surface area (Å²) in [5.74, 6) is 0.259. The van der Waals surface area contributed by atoms with Crippen molar-refractivity contribution in [3.63, 3.8) is 0 Å². The summed E-state index contributed by atoms with van der Waals surface area (Å²) in [6.45, 7) is 2.01. The van der Waals surface area contributed by atoms with Crippen LogP contribution in [0.3, 0.4) is 0 Å². The van der Waals surface area contributed by atoms with Gasteiger partial charge in [-0.05, 0) is 43.5 Å². The maximum Gasteiger partial charge on any atom is 0.164 e. The Morgan fingerprint density at radius 1 is 1.22 bits per heavy atom. The Bertz CT molecular complexity index is 627. The molecule has 0 atom stereocenters. The number of rotatable bonds is 1. The number of hydrogen-bond donors (Lipinski definition) is 0. The van der Waals surface area contributed by atoms with Gasteiger partial charge in [0.1, 0.15) is 0 Å². The van der Waals surface area contributed by atoms with Gasteiger partial charge < -0.3 is 4.57 Å². The molecule has 0 bridgehead atoms. The molecule has 0 amide bonds. The van der Waals surface area contributed by atoms with Crippen LogP contribution < -0.4 is 0 Å². The highest BCUT2D eigenvalue weighted by Crippen LogP contribution is 2.28. The molecule has 0 saturated heterocycles. The number of halogens is 1. The fourth-order valence-corrected chi connectivity index (χ4v) is 2.78. The molecule has 1 heterocycles. The molecule has 0 spiro atoms. The van der Waals surface area contributed by atoms with Gasteiger partial charge in [0.2, 0.25) is 0 Å². The first kappa shape index (κ1) is 11.5. The molecule has 1 aromatic heterocycles. The third kappa shape index (κ3) is 1.68. The van der Waals surface area contributed by atoms with E-state index in [1.807, 2.05) is 37.4 Å². The monoisotopic (exact) mass is 259 g/mol. The number of ketones is 1. The highest BCUT2D eigenvalue weighted by molar-refractivity contribution is 6.31. The highest BCUT2D eigenvalue weighted by Gasteiger charge is 2.21. The lowest BCUT2D eigenvalue weighted by Gasteiger charge is -2.16. The van der Waals surface area contributed by atoms with Crippen molar-refractivity contribution in [3.05, 3.63) is 52.3 Å². The number of carbonyl (C=O) groups excluding carboxylic acids is 1. The third-order valence-electron chi connectivity index (χ3n) is 3.61. The van der Waals surface area contributed by atoms with E-state index in [2.05, 4.69) is 4.57 Å². The summed E-state index contributed by atoms with van der Waals surface area (Å²) >= 11 is 6.16. The molecule has 3 rings (SSSR count). The topological polar surface area (TPSA) is 22.0 Å². The quantitative estimate of drug-likeness (QED) is 0.760. The van der Waals surface area contributed by atoms with Crippen LogP contribution in [0.15, 0.2) is 30.5 Å². The number of carbonyl (C=O) groups is 1. The minimum atomic E-state index is 0.259. The molecule has 0 unspecified atom stereocenters. The van der Waals surface area contributed by atoms with Crippen LogP contribution in [0.5, 0.6) is 0 Å². The van der Waals surface area contributed by atoms with E-state index in [0.717, 1.165) is 40.4 Å². The van der Waals surface area contributed by atoms with Gasteiger partial charge >= 0.3 is 0 Å². The number of nitrogens with zero attached hydrogens (tertiary/aromatic N) is 1. The largest absolute Gasteiger partial charge is 0.320 e. The molecule has 1 aliphatic carbocycles. The van der Waals surface area contributed by atoms with E-state index in [4.69, 9.17) is 11.6 Å². The zero-order valence-corrected chi connectivity index (χ0v) is 11.0. The smallest absolute Gasteiger partial charge is 0.164 e. The SMILES string of the molecule is Cc1c(Cl)cccc1-n1ccc2c1CCCC2=O. The van der Waals surface area contributed by atoms with Gasteiger partial charge in [0.05, 0.1) is 0 Å². The average molecular weight is 260 g/mol. The van der Waals surface area contributed by atoms with Crippen LogP contribution in [-0.2, 0) is 6.42 Å². The summed E-state index contributed by atoms with van der Waals surface area (Å²) in [5.41, 5.74) is 4.12. The van der Waals surface area contributed by atoms with E-state index in [1.165, 1.54) is 0 Å². The number of Topliss-reactive ketones (excluding diaryl/α,β-unsaturated/α-hetero) is 1. The molecule has 2 nitrogen and oxygen atoms in total. The Hall–Kier alpha value is -1.54. The van der Waals surface area contributed by atoms with Crippen LogP contribution in [0.2, 0.25) is 5.02 Å².